The highest BCUT2D eigenvalue weighted by molar-refractivity contribution is 5.80. The first-order valence-corrected chi connectivity index (χ1v) is 6.19. The molecule has 0 N–H and O–H groups in total. The average molecular weight is 239 g/mol. The highest BCUT2D eigenvalue weighted by Crippen LogP contribution is 2.18. The molecule has 3 aromatic rings. The Morgan fingerprint density at radius 2 is 1.72 bits per heavy atom. The van der Waals surface area contributed by atoms with Crippen LogP contribution < -0.4 is 0 Å². The van der Waals surface area contributed by atoms with E-state index in [2.05, 4.69) is 35.2 Å². The maximum atomic E-state index is 4.40. The second kappa shape index (κ2) is 5.45. The fraction of sp³-hybridized carbons (Fsp3) is 0.200. The van der Waals surface area contributed by atoms with E-state index in [-0.39, 0.29) is 0 Å². The molecular formula is C15H17N3. The number of pyridine rings is 1. The molecule has 3 heteroatoms. The number of rotatable bonds is 1. The summed E-state index contributed by atoms with van der Waals surface area (Å²) in [7, 11) is 0. The maximum absolute atomic E-state index is 4.40. The number of hydrogen-bond acceptors (Lipinski definition) is 2. The van der Waals surface area contributed by atoms with Gasteiger partial charge in [0.1, 0.15) is 0 Å². The van der Waals surface area contributed by atoms with Crippen LogP contribution in [0.15, 0.2) is 48.9 Å². The predicted octanol–water partition coefficient (Wildman–Crippen LogP) is 3.76. The number of aryl methyl sites for hydroxylation is 1. The van der Waals surface area contributed by atoms with E-state index in [9.17, 15) is 0 Å². The largest absolute Gasteiger partial charge is 0.265 e. The molecule has 0 aliphatic carbocycles. The van der Waals surface area contributed by atoms with E-state index in [0.29, 0.717) is 0 Å². The molecule has 3 nitrogen and oxygen atoms in total. The predicted molar refractivity (Wildman–Crippen MR) is 75.0 cm³/mol. The van der Waals surface area contributed by atoms with Crippen LogP contribution in [-0.2, 0) is 0 Å². The van der Waals surface area contributed by atoms with E-state index in [1.807, 2.05) is 36.9 Å². The monoisotopic (exact) mass is 239 g/mol. The maximum Gasteiger partial charge on any atom is 0.0741 e. The van der Waals surface area contributed by atoms with E-state index in [0.717, 1.165) is 16.6 Å². The Morgan fingerprint density at radius 3 is 2.44 bits per heavy atom. The zero-order chi connectivity index (χ0) is 13.0. The molecule has 0 aliphatic rings. The van der Waals surface area contributed by atoms with Gasteiger partial charge < -0.3 is 0 Å². The van der Waals surface area contributed by atoms with Crippen LogP contribution in [0.1, 0.15) is 19.4 Å². The Hall–Kier alpha value is -2.16. The molecule has 0 bridgehead atoms. The summed E-state index contributed by atoms with van der Waals surface area (Å²) in [4.78, 5) is 4.01. The second-order valence-electron chi connectivity index (χ2n) is 3.82. The van der Waals surface area contributed by atoms with Crippen molar-refractivity contribution >= 4 is 10.9 Å². The first-order valence-electron chi connectivity index (χ1n) is 6.19. The van der Waals surface area contributed by atoms with Crippen molar-refractivity contribution < 1.29 is 0 Å². The lowest BCUT2D eigenvalue weighted by Crippen LogP contribution is -1.95. The third kappa shape index (κ3) is 2.25. The lowest BCUT2D eigenvalue weighted by Gasteiger charge is -2.02. The third-order valence-electron chi connectivity index (χ3n) is 2.63. The number of fused-ring (bicyclic) bond motifs is 1. The van der Waals surface area contributed by atoms with Crippen molar-refractivity contribution in [1.29, 1.82) is 0 Å². The molecule has 92 valence electrons. The van der Waals surface area contributed by atoms with Gasteiger partial charge in [0.2, 0.25) is 0 Å². The molecular weight excluding hydrogens is 222 g/mol. The Labute approximate surface area is 107 Å². The highest BCUT2D eigenvalue weighted by atomic mass is 15.3. The molecule has 0 aliphatic heterocycles. The topological polar surface area (TPSA) is 30.7 Å². The van der Waals surface area contributed by atoms with Gasteiger partial charge in [0.05, 0.1) is 17.4 Å². The molecule has 0 saturated carbocycles. The molecule has 0 atom stereocenters. The van der Waals surface area contributed by atoms with Gasteiger partial charge in [-0.2, -0.15) is 5.10 Å². The molecule has 0 unspecified atom stereocenters. The fourth-order valence-corrected chi connectivity index (χ4v) is 1.84. The van der Waals surface area contributed by atoms with Crippen molar-refractivity contribution in [3.63, 3.8) is 0 Å². The van der Waals surface area contributed by atoms with Gasteiger partial charge in [-0.05, 0) is 31.2 Å². The van der Waals surface area contributed by atoms with E-state index in [1.165, 1.54) is 5.56 Å². The SMILES string of the molecule is CC.Cc1ccc2c(cnn2-c2ccncc2)c1. The van der Waals surface area contributed by atoms with Crippen LogP contribution in [0.5, 0.6) is 0 Å². The standard InChI is InChI=1S/C13H11N3.C2H6/c1-10-2-3-13-11(8-10)9-15-16(13)12-4-6-14-7-5-12;1-2/h2-9H,1H3;1-2H3. The average Bonchev–Trinajstić information content (AvgIpc) is 2.85. The summed E-state index contributed by atoms with van der Waals surface area (Å²) in [5.41, 5.74) is 3.41. The summed E-state index contributed by atoms with van der Waals surface area (Å²) in [6, 6.07) is 10.2. The van der Waals surface area contributed by atoms with Gasteiger partial charge in [-0.3, -0.25) is 4.98 Å². The van der Waals surface area contributed by atoms with Gasteiger partial charge in [0.15, 0.2) is 0 Å². The molecule has 0 radical (unpaired) electrons. The van der Waals surface area contributed by atoms with Crippen molar-refractivity contribution in [2.24, 2.45) is 0 Å². The number of hydrogen-bond donors (Lipinski definition) is 0. The lowest BCUT2D eigenvalue weighted by atomic mass is 10.2. The summed E-state index contributed by atoms with van der Waals surface area (Å²) >= 11 is 0. The zero-order valence-corrected chi connectivity index (χ0v) is 11.0. The van der Waals surface area contributed by atoms with Gasteiger partial charge in [0.25, 0.3) is 0 Å². The second-order valence-corrected chi connectivity index (χ2v) is 3.82. The van der Waals surface area contributed by atoms with Gasteiger partial charge >= 0.3 is 0 Å². The summed E-state index contributed by atoms with van der Waals surface area (Å²) in [6.45, 7) is 6.09. The molecule has 2 heterocycles. The quantitative estimate of drug-likeness (QED) is 0.647. The van der Waals surface area contributed by atoms with Gasteiger partial charge in [-0.25, -0.2) is 4.68 Å². The van der Waals surface area contributed by atoms with Crippen LogP contribution in [0.25, 0.3) is 16.6 Å². The smallest absolute Gasteiger partial charge is 0.0741 e. The molecule has 3 rings (SSSR count). The Balaban J connectivity index is 0.000000574. The molecule has 2 aromatic heterocycles. The van der Waals surface area contributed by atoms with E-state index in [4.69, 9.17) is 0 Å². The molecule has 0 saturated heterocycles. The Kier molecular flexibility index (Phi) is 3.72. The van der Waals surface area contributed by atoms with Crippen LogP contribution in [0.2, 0.25) is 0 Å². The van der Waals surface area contributed by atoms with E-state index in [1.54, 1.807) is 12.4 Å². The summed E-state index contributed by atoms with van der Waals surface area (Å²) < 4.78 is 1.93. The highest BCUT2D eigenvalue weighted by Gasteiger charge is 2.03. The van der Waals surface area contributed by atoms with Crippen molar-refractivity contribution in [2.45, 2.75) is 20.8 Å². The minimum absolute atomic E-state index is 1.04. The summed E-state index contributed by atoms with van der Waals surface area (Å²) in [5, 5.41) is 5.56. The number of aromatic nitrogens is 3. The normalized spacial score (nSPS) is 9.94. The minimum Gasteiger partial charge on any atom is -0.265 e. The van der Waals surface area contributed by atoms with Crippen molar-refractivity contribution in [3.05, 3.63) is 54.5 Å². The van der Waals surface area contributed by atoms with E-state index >= 15 is 0 Å². The molecule has 0 spiro atoms. The van der Waals surface area contributed by atoms with Crippen LogP contribution in [-0.4, -0.2) is 14.8 Å². The van der Waals surface area contributed by atoms with Crippen LogP contribution >= 0.6 is 0 Å². The van der Waals surface area contributed by atoms with Gasteiger partial charge in [0, 0.05) is 17.8 Å². The Morgan fingerprint density at radius 1 is 1.00 bits per heavy atom. The number of benzene rings is 1. The minimum atomic E-state index is 1.04. The lowest BCUT2D eigenvalue weighted by molar-refractivity contribution is 0.907. The van der Waals surface area contributed by atoms with Crippen molar-refractivity contribution in [3.8, 4) is 5.69 Å². The molecule has 0 amide bonds. The zero-order valence-electron chi connectivity index (χ0n) is 11.0. The van der Waals surface area contributed by atoms with Gasteiger partial charge in [-0.15, -0.1) is 0 Å². The van der Waals surface area contributed by atoms with Crippen molar-refractivity contribution in [2.75, 3.05) is 0 Å². The van der Waals surface area contributed by atoms with Crippen LogP contribution in [0, 0.1) is 6.92 Å². The first-order chi connectivity index (χ1) is 8.84. The molecule has 1 aromatic carbocycles. The van der Waals surface area contributed by atoms with Gasteiger partial charge in [-0.1, -0.05) is 25.5 Å². The molecule has 18 heavy (non-hydrogen) atoms. The fourth-order valence-electron chi connectivity index (χ4n) is 1.84. The summed E-state index contributed by atoms with van der Waals surface area (Å²) in [6.07, 6.45) is 5.44. The van der Waals surface area contributed by atoms with Crippen LogP contribution in [0.3, 0.4) is 0 Å². The molecule has 0 fully saturated rings. The van der Waals surface area contributed by atoms with Crippen molar-refractivity contribution in [1.82, 2.24) is 14.8 Å². The number of nitrogens with zero attached hydrogens (tertiary/aromatic N) is 3. The summed E-state index contributed by atoms with van der Waals surface area (Å²) in [5.74, 6) is 0. The first kappa shape index (κ1) is 12.3. The third-order valence-corrected chi connectivity index (χ3v) is 2.63. The van der Waals surface area contributed by atoms with Crippen LogP contribution in [0.4, 0.5) is 0 Å². The Bertz CT molecular complexity index is 627. The van der Waals surface area contributed by atoms with E-state index < -0.39 is 0 Å².